The van der Waals surface area contributed by atoms with Gasteiger partial charge in [-0.1, -0.05) is 31.2 Å². The van der Waals surface area contributed by atoms with Gasteiger partial charge in [0.25, 0.3) is 0 Å². The molecule has 1 aromatic rings. The number of hydrogen-bond donors (Lipinski definition) is 1. The maximum Gasteiger partial charge on any atom is 0.0684 e. The lowest BCUT2D eigenvalue weighted by atomic mass is 10.0. The van der Waals surface area contributed by atoms with Gasteiger partial charge in [-0.25, -0.2) is 0 Å². The van der Waals surface area contributed by atoms with Gasteiger partial charge in [0, 0.05) is 0 Å². The molecule has 0 bridgehead atoms. The number of aliphatic hydroxyl groups is 1. The van der Waals surface area contributed by atoms with Crippen LogP contribution in [0, 0.1) is 6.92 Å². The van der Waals surface area contributed by atoms with E-state index in [9.17, 15) is 0 Å². The zero-order valence-corrected chi connectivity index (χ0v) is 6.59. The van der Waals surface area contributed by atoms with Crippen molar-refractivity contribution in [1.29, 1.82) is 0 Å². The molecule has 0 aliphatic carbocycles. The van der Waals surface area contributed by atoms with Crippen molar-refractivity contribution in [3.8, 4) is 0 Å². The first-order chi connectivity index (χ1) is 5.38. The Morgan fingerprint density at radius 1 is 1.18 bits per heavy atom. The predicted molar refractivity (Wildman–Crippen MR) is 46.0 cm³/mol. The molecule has 0 unspecified atom stereocenters. The van der Waals surface area contributed by atoms with Gasteiger partial charge < -0.3 is 5.11 Å². The average Bonchev–Trinajstić information content (AvgIpc) is 2.06. The molecule has 1 N–H and O–H groups in total. The van der Waals surface area contributed by atoms with Crippen molar-refractivity contribution < 1.29 is 5.11 Å². The molecule has 1 nitrogen and oxygen atoms in total. The van der Waals surface area contributed by atoms with Crippen LogP contribution in [-0.2, 0) is 13.0 Å². The largest absolute Gasteiger partial charge is 0.392 e. The zero-order valence-electron chi connectivity index (χ0n) is 6.59. The molecule has 0 heterocycles. The van der Waals surface area contributed by atoms with Crippen molar-refractivity contribution in [3.63, 3.8) is 0 Å². The summed E-state index contributed by atoms with van der Waals surface area (Å²) in [6, 6.07) is 7.92. The first-order valence-corrected chi connectivity index (χ1v) is 3.85. The molecule has 0 fully saturated rings. The van der Waals surface area contributed by atoms with Gasteiger partial charge in [0.05, 0.1) is 6.61 Å². The van der Waals surface area contributed by atoms with Crippen molar-refractivity contribution in [3.05, 3.63) is 42.3 Å². The Balaban J connectivity index is 2.83. The maximum atomic E-state index is 8.92. The summed E-state index contributed by atoms with van der Waals surface area (Å²) in [7, 11) is 0. The van der Waals surface area contributed by atoms with E-state index in [0.717, 1.165) is 18.4 Å². The Hall–Kier alpha value is -0.820. The van der Waals surface area contributed by atoms with Gasteiger partial charge in [-0.3, -0.25) is 0 Å². The molecule has 0 aliphatic rings. The standard InChI is InChI=1S/C10H13O/c1-2-5-9-6-3-4-7-10(9)8-11/h3-4,6-7,11H,1-2,5,8H2. The molecular weight excluding hydrogens is 136 g/mol. The number of aryl methyl sites for hydroxylation is 1. The van der Waals surface area contributed by atoms with E-state index in [1.165, 1.54) is 5.56 Å². The van der Waals surface area contributed by atoms with Crippen LogP contribution < -0.4 is 0 Å². The molecule has 0 saturated heterocycles. The molecule has 1 heteroatoms. The Morgan fingerprint density at radius 2 is 1.82 bits per heavy atom. The van der Waals surface area contributed by atoms with Crippen LogP contribution in [0.15, 0.2) is 24.3 Å². The van der Waals surface area contributed by atoms with Crippen molar-refractivity contribution in [2.75, 3.05) is 0 Å². The highest BCUT2D eigenvalue weighted by Crippen LogP contribution is 2.10. The zero-order chi connectivity index (χ0) is 8.10. The van der Waals surface area contributed by atoms with Crippen molar-refractivity contribution in [2.24, 2.45) is 0 Å². The van der Waals surface area contributed by atoms with Crippen LogP contribution in [0.1, 0.15) is 17.5 Å². The minimum atomic E-state index is 0.135. The second-order valence-electron chi connectivity index (χ2n) is 2.53. The van der Waals surface area contributed by atoms with Gasteiger partial charge in [-0.05, 0) is 24.0 Å². The number of rotatable bonds is 3. The normalized spacial score (nSPS) is 10.0. The summed E-state index contributed by atoms with van der Waals surface area (Å²) in [6.45, 7) is 3.91. The van der Waals surface area contributed by atoms with Crippen LogP contribution in [0.3, 0.4) is 0 Å². The smallest absolute Gasteiger partial charge is 0.0684 e. The van der Waals surface area contributed by atoms with E-state index >= 15 is 0 Å². The minimum absolute atomic E-state index is 0.135. The van der Waals surface area contributed by atoms with E-state index < -0.39 is 0 Å². The summed E-state index contributed by atoms with van der Waals surface area (Å²) in [5.74, 6) is 0. The molecule has 0 spiro atoms. The molecule has 59 valence electrons. The van der Waals surface area contributed by atoms with Crippen molar-refractivity contribution in [1.82, 2.24) is 0 Å². The first kappa shape index (κ1) is 8.28. The Morgan fingerprint density at radius 3 is 2.36 bits per heavy atom. The summed E-state index contributed by atoms with van der Waals surface area (Å²) in [5.41, 5.74) is 2.24. The van der Waals surface area contributed by atoms with Crippen LogP contribution in [0.25, 0.3) is 0 Å². The Kier molecular flexibility index (Phi) is 3.12. The van der Waals surface area contributed by atoms with Gasteiger partial charge in [-0.2, -0.15) is 0 Å². The van der Waals surface area contributed by atoms with Gasteiger partial charge in [-0.15, -0.1) is 0 Å². The van der Waals surface area contributed by atoms with Gasteiger partial charge in [0.15, 0.2) is 0 Å². The third kappa shape index (κ3) is 2.05. The lowest BCUT2D eigenvalue weighted by Crippen LogP contribution is -1.92. The van der Waals surface area contributed by atoms with E-state index in [1.54, 1.807) is 0 Å². The number of benzene rings is 1. The minimum Gasteiger partial charge on any atom is -0.392 e. The summed E-state index contributed by atoms with van der Waals surface area (Å²) in [5, 5.41) is 8.92. The van der Waals surface area contributed by atoms with Gasteiger partial charge in [0.2, 0.25) is 0 Å². The predicted octanol–water partition coefficient (Wildman–Crippen LogP) is 1.95. The summed E-state index contributed by atoms with van der Waals surface area (Å²) < 4.78 is 0. The van der Waals surface area contributed by atoms with Crippen LogP contribution in [-0.4, -0.2) is 5.11 Å². The van der Waals surface area contributed by atoms with Gasteiger partial charge in [0.1, 0.15) is 0 Å². The molecule has 0 aliphatic heterocycles. The van der Waals surface area contributed by atoms with Crippen molar-refractivity contribution >= 4 is 0 Å². The number of aliphatic hydroxyl groups excluding tert-OH is 1. The van der Waals surface area contributed by atoms with Crippen LogP contribution >= 0.6 is 0 Å². The summed E-state index contributed by atoms with van der Waals surface area (Å²) in [4.78, 5) is 0. The van der Waals surface area contributed by atoms with Gasteiger partial charge >= 0.3 is 0 Å². The fraction of sp³-hybridized carbons (Fsp3) is 0.300. The van der Waals surface area contributed by atoms with Crippen LogP contribution in [0.2, 0.25) is 0 Å². The second-order valence-corrected chi connectivity index (χ2v) is 2.53. The van der Waals surface area contributed by atoms with Crippen LogP contribution in [0.5, 0.6) is 0 Å². The molecule has 0 amide bonds. The van der Waals surface area contributed by atoms with Crippen molar-refractivity contribution in [2.45, 2.75) is 19.4 Å². The molecule has 1 radical (unpaired) electrons. The first-order valence-electron chi connectivity index (χ1n) is 3.85. The molecule has 11 heavy (non-hydrogen) atoms. The molecule has 0 aromatic heterocycles. The monoisotopic (exact) mass is 149 g/mol. The van der Waals surface area contributed by atoms with E-state index in [1.807, 2.05) is 24.3 Å². The second kappa shape index (κ2) is 4.14. The Bertz CT molecular complexity index is 218. The Labute approximate surface area is 67.7 Å². The average molecular weight is 149 g/mol. The van der Waals surface area contributed by atoms with E-state index in [2.05, 4.69) is 6.92 Å². The summed E-state index contributed by atoms with van der Waals surface area (Å²) >= 11 is 0. The molecule has 1 rings (SSSR count). The lowest BCUT2D eigenvalue weighted by Gasteiger charge is -2.03. The lowest BCUT2D eigenvalue weighted by molar-refractivity contribution is 0.280. The topological polar surface area (TPSA) is 20.2 Å². The van der Waals surface area contributed by atoms with E-state index in [-0.39, 0.29) is 6.61 Å². The third-order valence-corrected chi connectivity index (χ3v) is 1.73. The van der Waals surface area contributed by atoms with E-state index in [4.69, 9.17) is 5.11 Å². The quantitative estimate of drug-likeness (QED) is 0.696. The molecular formula is C10H13O. The van der Waals surface area contributed by atoms with E-state index in [0.29, 0.717) is 0 Å². The summed E-state index contributed by atoms with van der Waals surface area (Å²) in [6.07, 6.45) is 1.84. The molecule has 0 atom stereocenters. The molecule has 0 saturated carbocycles. The molecule has 1 aromatic carbocycles. The SMILES string of the molecule is [CH2]CCc1ccccc1CO. The fourth-order valence-corrected chi connectivity index (χ4v) is 1.15. The maximum absolute atomic E-state index is 8.92. The fourth-order valence-electron chi connectivity index (χ4n) is 1.15. The third-order valence-electron chi connectivity index (χ3n) is 1.73. The number of hydrogen-bond acceptors (Lipinski definition) is 1. The highest BCUT2D eigenvalue weighted by molar-refractivity contribution is 5.26. The highest BCUT2D eigenvalue weighted by atomic mass is 16.3. The van der Waals surface area contributed by atoms with Crippen LogP contribution in [0.4, 0.5) is 0 Å². The highest BCUT2D eigenvalue weighted by Gasteiger charge is 1.97.